The Morgan fingerprint density at radius 1 is 1.05 bits per heavy atom. The summed E-state index contributed by atoms with van der Waals surface area (Å²) in [5, 5.41) is 29.6. The van der Waals surface area contributed by atoms with Gasteiger partial charge in [0, 0.05) is 21.6 Å². The zero-order valence-corrected chi connectivity index (χ0v) is 23.0. The number of benzene rings is 2. The summed E-state index contributed by atoms with van der Waals surface area (Å²) in [5.74, 6) is 0.205. The summed E-state index contributed by atoms with van der Waals surface area (Å²) in [4.78, 5) is 18.3. The van der Waals surface area contributed by atoms with Gasteiger partial charge in [0.15, 0.2) is 5.82 Å². The highest BCUT2D eigenvalue weighted by Crippen LogP contribution is 2.41. The number of nitrogens with zero attached hydrogens (tertiary/aromatic N) is 4. The Kier molecular flexibility index (Phi) is 6.66. The monoisotopic (exact) mass is 530 g/mol. The third-order valence-corrected chi connectivity index (χ3v) is 8.42. The maximum Gasteiger partial charge on any atom is 0.308 e. The number of carbonyl (C=O) groups is 1. The van der Waals surface area contributed by atoms with E-state index in [1.54, 1.807) is 32.3 Å². The number of carboxylic acid groups (broad SMARTS) is 1. The smallest absolute Gasteiger partial charge is 0.308 e. The molecule has 3 heterocycles. The highest BCUT2D eigenvalue weighted by molar-refractivity contribution is 7.15. The SMILES string of the molecule is COc1ccc([C@H](C)O)cc1-c1ccc(C2=NC(C(C)C(=O)O)c3nnc(C)n3-c3sc(C)c(C)c32)cc1. The number of methoxy groups -OCH3 is 1. The number of aryl methyl sites for hydroxylation is 2. The average molecular weight is 531 g/mol. The molecule has 2 N–H and O–H groups in total. The summed E-state index contributed by atoms with van der Waals surface area (Å²) < 4.78 is 7.55. The van der Waals surface area contributed by atoms with Crippen molar-refractivity contribution in [2.45, 2.75) is 46.8 Å². The molecule has 8 nitrogen and oxygen atoms in total. The Hall–Kier alpha value is -3.82. The summed E-state index contributed by atoms with van der Waals surface area (Å²) in [6.45, 7) is 9.42. The van der Waals surface area contributed by atoms with Crippen molar-refractivity contribution in [2.24, 2.45) is 10.9 Å². The first kappa shape index (κ1) is 25.8. The molecule has 3 atom stereocenters. The Balaban J connectivity index is 1.69. The fourth-order valence-corrected chi connectivity index (χ4v) is 6.05. The van der Waals surface area contributed by atoms with Crippen molar-refractivity contribution in [3.05, 3.63) is 81.2 Å². The third kappa shape index (κ3) is 4.21. The van der Waals surface area contributed by atoms with Crippen LogP contribution < -0.4 is 4.74 Å². The van der Waals surface area contributed by atoms with Gasteiger partial charge >= 0.3 is 5.97 Å². The van der Waals surface area contributed by atoms with Crippen molar-refractivity contribution in [2.75, 3.05) is 7.11 Å². The van der Waals surface area contributed by atoms with Crippen LogP contribution in [-0.4, -0.2) is 43.8 Å². The third-order valence-electron chi connectivity index (χ3n) is 7.23. The van der Waals surface area contributed by atoms with E-state index in [1.807, 2.05) is 54.0 Å². The zero-order valence-electron chi connectivity index (χ0n) is 22.2. The van der Waals surface area contributed by atoms with Crippen LogP contribution in [0.2, 0.25) is 0 Å². The van der Waals surface area contributed by atoms with Crippen LogP contribution in [0.3, 0.4) is 0 Å². The lowest BCUT2D eigenvalue weighted by molar-refractivity contribution is -0.141. The van der Waals surface area contributed by atoms with Crippen molar-refractivity contribution >= 4 is 23.0 Å². The summed E-state index contributed by atoms with van der Waals surface area (Å²) >= 11 is 1.64. The number of hydrogen-bond acceptors (Lipinski definition) is 7. The van der Waals surface area contributed by atoms with E-state index in [0.717, 1.165) is 49.0 Å². The van der Waals surface area contributed by atoms with Crippen LogP contribution >= 0.6 is 11.3 Å². The molecule has 2 aromatic carbocycles. The number of fused-ring (bicyclic) bond motifs is 3. The van der Waals surface area contributed by atoms with E-state index in [4.69, 9.17) is 9.73 Å². The van der Waals surface area contributed by atoms with Crippen LogP contribution in [0.25, 0.3) is 16.1 Å². The van der Waals surface area contributed by atoms with Crippen LogP contribution in [0.15, 0.2) is 47.5 Å². The number of hydrogen-bond donors (Lipinski definition) is 2. The van der Waals surface area contributed by atoms with Crippen molar-refractivity contribution in [1.82, 2.24) is 14.8 Å². The summed E-state index contributed by atoms with van der Waals surface area (Å²) in [6, 6.07) is 13.0. The second kappa shape index (κ2) is 9.81. The van der Waals surface area contributed by atoms with Gasteiger partial charge in [0.2, 0.25) is 0 Å². The second-order valence-electron chi connectivity index (χ2n) is 9.67. The molecule has 196 valence electrons. The Morgan fingerprint density at radius 2 is 1.74 bits per heavy atom. The highest BCUT2D eigenvalue weighted by atomic mass is 32.1. The number of aliphatic hydroxyl groups is 1. The van der Waals surface area contributed by atoms with Crippen molar-refractivity contribution < 1.29 is 19.7 Å². The Morgan fingerprint density at radius 3 is 2.37 bits per heavy atom. The first-order valence-corrected chi connectivity index (χ1v) is 13.2. The van der Waals surface area contributed by atoms with Crippen LogP contribution in [0, 0.1) is 26.7 Å². The number of rotatable bonds is 6. The zero-order chi connectivity index (χ0) is 27.3. The molecule has 4 aromatic rings. The fourth-order valence-electron chi connectivity index (χ4n) is 4.84. The minimum absolute atomic E-state index is 0.534. The van der Waals surface area contributed by atoms with Crippen LogP contribution in [0.4, 0.5) is 0 Å². The molecule has 2 aromatic heterocycles. The number of aliphatic hydroxyl groups excluding tert-OH is 1. The van der Waals surface area contributed by atoms with Gasteiger partial charge in [0.05, 0.1) is 24.8 Å². The minimum Gasteiger partial charge on any atom is -0.496 e. The van der Waals surface area contributed by atoms with Gasteiger partial charge in [0.1, 0.15) is 22.6 Å². The molecule has 0 bridgehead atoms. The Bertz CT molecular complexity index is 1570. The van der Waals surface area contributed by atoms with Gasteiger partial charge in [-0.05, 0) is 63.4 Å². The standard InChI is InChI=1S/C29H30N4O4S/c1-14-17(4)38-28-24(14)26(30-25(15(2)29(35)36)27-32-31-18(5)33(27)28)20-9-7-19(8-10-20)22-13-21(16(3)34)11-12-23(22)37-6/h7-13,15-16,25,34H,1-6H3,(H,35,36)/t15?,16-,25?/m0/s1. The number of aromatic nitrogens is 3. The van der Waals surface area contributed by atoms with E-state index in [0.29, 0.717) is 17.4 Å². The van der Waals surface area contributed by atoms with Crippen LogP contribution in [0.5, 0.6) is 5.75 Å². The molecular formula is C29H30N4O4S. The lowest BCUT2D eigenvalue weighted by Crippen LogP contribution is -2.21. The first-order valence-electron chi connectivity index (χ1n) is 12.4. The summed E-state index contributed by atoms with van der Waals surface area (Å²) in [6.07, 6.45) is -0.597. The van der Waals surface area contributed by atoms with E-state index in [-0.39, 0.29) is 0 Å². The molecule has 0 amide bonds. The molecule has 1 aliphatic rings. The predicted octanol–water partition coefficient (Wildman–Crippen LogP) is 5.60. The average Bonchev–Trinajstić information content (AvgIpc) is 3.37. The Labute approximate surface area is 225 Å². The van der Waals surface area contributed by atoms with Gasteiger partial charge in [0.25, 0.3) is 0 Å². The second-order valence-corrected chi connectivity index (χ2v) is 10.9. The van der Waals surface area contributed by atoms with Gasteiger partial charge < -0.3 is 14.9 Å². The van der Waals surface area contributed by atoms with Crippen LogP contribution in [-0.2, 0) is 4.79 Å². The predicted molar refractivity (Wildman–Crippen MR) is 148 cm³/mol. The number of aliphatic imine (C=N–C) groups is 1. The molecule has 2 unspecified atom stereocenters. The van der Waals surface area contributed by atoms with Crippen molar-refractivity contribution in [3.8, 4) is 21.9 Å². The number of aliphatic carboxylic acids is 1. The molecule has 5 rings (SSSR count). The van der Waals surface area contributed by atoms with Gasteiger partial charge in [-0.15, -0.1) is 21.5 Å². The maximum atomic E-state index is 12.1. The molecule has 0 saturated carbocycles. The largest absolute Gasteiger partial charge is 0.496 e. The lowest BCUT2D eigenvalue weighted by atomic mass is 9.95. The van der Waals surface area contributed by atoms with Gasteiger partial charge in [-0.3, -0.25) is 14.4 Å². The van der Waals surface area contributed by atoms with Gasteiger partial charge in [-0.1, -0.05) is 30.3 Å². The maximum absolute atomic E-state index is 12.1. The summed E-state index contributed by atoms with van der Waals surface area (Å²) in [5.41, 5.74) is 6.30. The van der Waals surface area contributed by atoms with Gasteiger partial charge in [-0.25, -0.2) is 0 Å². The quantitative estimate of drug-likeness (QED) is 0.336. The molecule has 0 spiro atoms. The first-order chi connectivity index (χ1) is 18.1. The van der Waals surface area contributed by atoms with E-state index < -0.39 is 24.0 Å². The normalized spacial score (nSPS) is 16.2. The molecule has 0 radical (unpaired) electrons. The van der Waals surface area contributed by atoms with E-state index in [9.17, 15) is 15.0 Å². The summed E-state index contributed by atoms with van der Waals surface area (Å²) in [7, 11) is 1.63. The highest BCUT2D eigenvalue weighted by Gasteiger charge is 2.36. The molecule has 0 saturated heterocycles. The van der Waals surface area contributed by atoms with E-state index >= 15 is 0 Å². The molecule has 0 fully saturated rings. The molecular weight excluding hydrogens is 500 g/mol. The number of ether oxygens (including phenoxy) is 1. The van der Waals surface area contributed by atoms with Gasteiger partial charge in [-0.2, -0.15) is 0 Å². The number of thiophene rings is 1. The van der Waals surface area contributed by atoms with Crippen molar-refractivity contribution in [1.29, 1.82) is 0 Å². The molecule has 1 aliphatic heterocycles. The van der Waals surface area contributed by atoms with Crippen molar-refractivity contribution in [3.63, 3.8) is 0 Å². The molecule has 38 heavy (non-hydrogen) atoms. The van der Waals surface area contributed by atoms with E-state index in [2.05, 4.69) is 24.0 Å². The molecule has 0 aliphatic carbocycles. The van der Waals surface area contributed by atoms with Crippen LogP contribution in [0.1, 0.15) is 64.8 Å². The lowest BCUT2D eigenvalue weighted by Gasteiger charge is -2.17. The minimum atomic E-state index is -0.941. The van der Waals surface area contributed by atoms with E-state index in [1.165, 1.54) is 0 Å². The topological polar surface area (TPSA) is 110 Å². The molecule has 9 heteroatoms. The fraction of sp³-hybridized carbons (Fsp3) is 0.310. The number of carboxylic acids is 1.